The van der Waals surface area contributed by atoms with E-state index in [-0.39, 0.29) is 5.41 Å². The van der Waals surface area contributed by atoms with Gasteiger partial charge in [-0.05, 0) is 31.4 Å². The van der Waals surface area contributed by atoms with Gasteiger partial charge >= 0.3 is 0 Å². The monoisotopic (exact) mass is 258 g/mol. The Morgan fingerprint density at radius 1 is 1.11 bits per heavy atom. The maximum absolute atomic E-state index is 9.04. The Morgan fingerprint density at radius 3 is 2.16 bits per heavy atom. The average Bonchev–Trinajstić information content (AvgIpc) is 2.38. The number of nitriles is 1. The third-order valence-electron chi connectivity index (χ3n) is 3.53. The van der Waals surface area contributed by atoms with Crippen LogP contribution in [0, 0.1) is 11.3 Å². The molecule has 0 heterocycles. The molecule has 1 rings (SSSR count). The fourth-order valence-electron chi connectivity index (χ4n) is 1.99. The zero-order valence-corrected chi connectivity index (χ0v) is 12.9. The summed E-state index contributed by atoms with van der Waals surface area (Å²) < 4.78 is 0. The number of nitrogens with zero attached hydrogens (tertiary/aromatic N) is 1. The highest BCUT2D eigenvalue weighted by Gasteiger charge is 2.24. The normalized spacial score (nSPS) is 12.2. The van der Waals surface area contributed by atoms with Gasteiger partial charge in [0, 0.05) is 12.0 Å². The first-order chi connectivity index (χ1) is 8.80. The molecule has 0 aliphatic heterocycles. The van der Waals surface area contributed by atoms with Crippen molar-refractivity contribution < 1.29 is 0 Å². The summed E-state index contributed by atoms with van der Waals surface area (Å²) in [5, 5.41) is 12.4. The molecule has 0 bridgehead atoms. The molecule has 0 aliphatic rings. The van der Waals surface area contributed by atoms with Crippen LogP contribution in [0.4, 0.5) is 0 Å². The molecule has 0 atom stereocenters. The minimum absolute atomic E-state index is 0.0267. The van der Waals surface area contributed by atoms with Crippen LogP contribution in [0.3, 0.4) is 0 Å². The first-order valence-electron chi connectivity index (χ1n) is 7.06. The average molecular weight is 258 g/mol. The lowest BCUT2D eigenvalue weighted by molar-refractivity contribution is 0.397. The van der Waals surface area contributed by atoms with Gasteiger partial charge in [-0.3, -0.25) is 5.32 Å². The van der Waals surface area contributed by atoms with E-state index in [1.54, 1.807) is 0 Å². The van der Waals surface area contributed by atoms with Crippen LogP contribution in [-0.4, -0.2) is 12.1 Å². The molecule has 0 saturated carbocycles. The van der Waals surface area contributed by atoms with Crippen LogP contribution in [-0.2, 0) is 11.8 Å². The predicted octanol–water partition coefficient (Wildman–Crippen LogP) is 3.81. The van der Waals surface area contributed by atoms with E-state index in [2.05, 4.69) is 56.4 Å². The van der Waals surface area contributed by atoms with Crippen LogP contribution in [0.5, 0.6) is 0 Å². The Balaban J connectivity index is 2.74. The van der Waals surface area contributed by atoms with Crippen LogP contribution in [0.25, 0.3) is 0 Å². The second-order valence-corrected chi connectivity index (χ2v) is 6.42. The van der Waals surface area contributed by atoms with Crippen molar-refractivity contribution in [2.75, 3.05) is 6.54 Å². The molecule has 0 saturated heterocycles. The quantitative estimate of drug-likeness (QED) is 0.842. The van der Waals surface area contributed by atoms with Crippen molar-refractivity contribution in [1.82, 2.24) is 5.32 Å². The van der Waals surface area contributed by atoms with Gasteiger partial charge in [0.05, 0.1) is 6.07 Å². The third-order valence-corrected chi connectivity index (χ3v) is 3.53. The summed E-state index contributed by atoms with van der Waals surface area (Å²) >= 11 is 0. The molecule has 0 amide bonds. The second-order valence-electron chi connectivity index (χ2n) is 6.42. The van der Waals surface area contributed by atoms with Gasteiger partial charge in [-0.25, -0.2) is 0 Å². The van der Waals surface area contributed by atoms with E-state index in [0.29, 0.717) is 0 Å². The van der Waals surface area contributed by atoms with Gasteiger partial charge in [-0.1, -0.05) is 51.5 Å². The molecular weight excluding hydrogens is 232 g/mol. The number of benzene rings is 1. The van der Waals surface area contributed by atoms with Crippen molar-refractivity contribution >= 4 is 0 Å². The number of hydrogen-bond acceptors (Lipinski definition) is 2. The highest BCUT2D eigenvalue weighted by molar-refractivity contribution is 5.28. The van der Waals surface area contributed by atoms with Gasteiger partial charge in [0.1, 0.15) is 5.54 Å². The van der Waals surface area contributed by atoms with Crippen LogP contribution in [0.2, 0.25) is 0 Å². The SMILES string of the molecule is CCCc1ccc(C(C)(C)CNC(C)(C)C#N)cc1. The lowest BCUT2D eigenvalue weighted by Crippen LogP contribution is -2.44. The van der Waals surface area contributed by atoms with E-state index < -0.39 is 5.54 Å². The molecular formula is C17H26N2. The van der Waals surface area contributed by atoms with E-state index in [9.17, 15) is 0 Å². The molecule has 0 spiro atoms. The fourth-order valence-corrected chi connectivity index (χ4v) is 1.99. The largest absolute Gasteiger partial charge is 0.299 e. The maximum atomic E-state index is 9.04. The van der Waals surface area contributed by atoms with Crippen LogP contribution >= 0.6 is 0 Å². The second kappa shape index (κ2) is 6.21. The van der Waals surface area contributed by atoms with Gasteiger partial charge in [0.25, 0.3) is 0 Å². The summed E-state index contributed by atoms with van der Waals surface area (Å²) in [5.74, 6) is 0. The van der Waals surface area contributed by atoms with E-state index in [1.165, 1.54) is 17.5 Å². The van der Waals surface area contributed by atoms with Crippen molar-refractivity contribution in [3.05, 3.63) is 35.4 Å². The number of rotatable bonds is 6. The Kier molecular flexibility index (Phi) is 5.14. The van der Waals surface area contributed by atoms with Crippen molar-refractivity contribution in [1.29, 1.82) is 5.26 Å². The highest BCUT2D eigenvalue weighted by Crippen LogP contribution is 2.23. The lowest BCUT2D eigenvalue weighted by Gasteiger charge is -2.29. The Hall–Kier alpha value is -1.33. The minimum atomic E-state index is -0.473. The number of aryl methyl sites for hydroxylation is 1. The van der Waals surface area contributed by atoms with Gasteiger partial charge in [-0.2, -0.15) is 5.26 Å². The van der Waals surface area contributed by atoms with Crippen LogP contribution < -0.4 is 5.32 Å². The predicted molar refractivity (Wildman–Crippen MR) is 81.2 cm³/mol. The first kappa shape index (κ1) is 15.7. The first-order valence-corrected chi connectivity index (χ1v) is 7.06. The van der Waals surface area contributed by atoms with Crippen molar-refractivity contribution in [2.24, 2.45) is 0 Å². The number of hydrogen-bond donors (Lipinski definition) is 1. The zero-order chi connectivity index (χ0) is 14.5. The summed E-state index contributed by atoms with van der Waals surface area (Å²) in [5.41, 5.74) is 2.26. The lowest BCUT2D eigenvalue weighted by atomic mass is 9.83. The molecule has 0 unspecified atom stereocenters. The summed E-state index contributed by atoms with van der Waals surface area (Å²) in [7, 11) is 0. The van der Waals surface area contributed by atoms with Crippen LogP contribution in [0.15, 0.2) is 24.3 Å². The van der Waals surface area contributed by atoms with Crippen LogP contribution in [0.1, 0.15) is 52.2 Å². The maximum Gasteiger partial charge on any atom is 0.101 e. The van der Waals surface area contributed by atoms with Gasteiger partial charge in [-0.15, -0.1) is 0 Å². The molecule has 1 N–H and O–H groups in total. The molecule has 2 nitrogen and oxygen atoms in total. The molecule has 2 heteroatoms. The zero-order valence-electron chi connectivity index (χ0n) is 12.9. The van der Waals surface area contributed by atoms with Crippen molar-refractivity contribution in [3.8, 4) is 6.07 Å². The third kappa shape index (κ3) is 4.69. The van der Waals surface area contributed by atoms with Crippen molar-refractivity contribution in [2.45, 2.75) is 58.4 Å². The standard InChI is InChI=1S/C17H26N2/c1-6-7-14-8-10-15(11-9-14)16(2,3)13-19-17(4,5)12-18/h8-11,19H,6-7,13H2,1-5H3. The smallest absolute Gasteiger partial charge is 0.101 e. The molecule has 1 aromatic rings. The molecule has 0 radical (unpaired) electrons. The Labute approximate surface area is 117 Å². The molecule has 1 aromatic carbocycles. The van der Waals surface area contributed by atoms with Gasteiger partial charge in [0.15, 0.2) is 0 Å². The van der Waals surface area contributed by atoms with E-state index in [1.807, 2.05) is 13.8 Å². The van der Waals surface area contributed by atoms with E-state index >= 15 is 0 Å². The molecule has 104 valence electrons. The highest BCUT2D eigenvalue weighted by atomic mass is 15.0. The molecule has 0 aromatic heterocycles. The Bertz CT molecular complexity index is 435. The number of nitrogens with one attached hydrogen (secondary N) is 1. The van der Waals surface area contributed by atoms with E-state index in [0.717, 1.165) is 13.0 Å². The summed E-state index contributed by atoms with van der Waals surface area (Å²) in [4.78, 5) is 0. The molecule has 0 aliphatic carbocycles. The molecule has 19 heavy (non-hydrogen) atoms. The molecule has 0 fully saturated rings. The van der Waals surface area contributed by atoms with E-state index in [4.69, 9.17) is 5.26 Å². The van der Waals surface area contributed by atoms with Crippen molar-refractivity contribution in [3.63, 3.8) is 0 Å². The van der Waals surface area contributed by atoms with Gasteiger partial charge < -0.3 is 0 Å². The summed E-state index contributed by atoms with van der Waals surface area (Å²) in [6, 6.07) is 11.1. The summed E-state index contributed by atoms with van der Waals surface area (Å²) in [6.45, 7) is 11.2. The van der Waals surface area contributed by atoms with Gasteiger partial charge in [0.2, 0.25) is 0 Å². The fraction of sp³-hybridized carbons (Fsp3) is 0.588. The summed E-state index contributed by atoms with van der Waals surface area (Å²) in [6.07, 6.45) is 2.32. The topological polar surface area (TPSA) is 35.8 Å². The Morgan fingerprint density at radius 2 is 1.68 bits per heavy atom. The minimum Gasteiger partial charge on any atom is -0.299 e.